The van der Waals surface area contributed by atoms with Crippen molar-refractivity contribution < 1.29 is 0 Å². The van der Waals surface area contributed by atoms with Gasteiger partial charge in [-0.2, -0.15) is 0 Å². The van der Waals surface area contributed by atoms with Gasteiger partial charge in [-0.1, -0.05) is 91.8 Å². The van der Waals surface area contributed by atoms with E-state index in [1.54, 1.807) is 27.8 Å². The summed E-state index contributed by atoms with van der Waals surface area (Å²) in [7, 11) is 0. The van der Waals surface area contributed by atoms with Crippen LogP contribution in [-0.2, 0) is 36.5 Å². The number of hydrogen-bond acceptors (Lipinski definition) is 0. The maximum absolute atomic E-state index is 2.53. The molecule has 0 nitrogen and oxygen atoms in total. The molecule has 154 valence electrons. The van der Waals surface area contributed by atoms with E-state index in [4.69, 9.17) is 0 Å². The molecule has 2 aliphatic rings. The van der Waals surface area contributed by atoms with Gasteiger partial charge in [-0.25, -0.2) is 0 Å². The van der Waals surface area contributed by atoms with Gasteiger partial charge in [0.1, 0.15) is 0 Å². The van der Waals surface area contributed by atoms with Gasteiger partial charge in [0.2, 0.25) is 0 Å². The Hall–Kier alpha value is -1.56. The Kier molecular flexibility index (Phi) is 7.54. The Balaban J connectivity index is 0.000000202. The van der Waals surface area contributed by atoms with Crippen molar-refractivity contribution in [2.75, 3.05) is 0 Å². The zero-order valence-electron chi connectivity index (χ0n) is 19.7. The smallest absolute Gasteiger partial charge is 0.0126 e. The summed E-state index contributed by atoms with van der Waals surface area (Å²) in [5, 5.41) is 0. The van der Waals surface area contributed by atoms with E-state index in [9.17, 15) is 0 Å². The average molecular weight is 379 g/mol. The fraction of sp³-hybridized carbons (Fsp3) is 0.571. The molecule has 0 aliphatic heterocycles. The van der Waals surface area contributed by atoms with E-state index in [1.165, 1.54) is 44.1 Å². The van der Waals surface area contributed by atoms with Gasteiger partial charge < -0.3 is 0 Å². The van der Waals surface area contributed by atoms with Crippen LogP contribution in [0.1, 0.15) is 102 Å². The minimum absolute atomic E-state index is 0.293. The quantitative estimate of drug-likeness (QED) is 0.436. The molecule has 2 aromatic rings. The zero-order valence-corrected chi connectivity index (χ0v) is 19.7. The van der Waals surface area contributed by atoms with Crippen molar-refractivity contribution in [3.05, 3.63) is 69.8 Å². The summed E-state index contributed by atoms with van der Waals surface area (Å²) < 4.78 is 0. The summed E-state index contributed by atoms with van der Waals surface area (Å²) in [6.45, 7) is 17.8. The van der Waals surface area contributed by atoms with E-state index < -0.39 is 0 Å². The van der Waals surface area contributed by atoms with Crippen LogP contribution in [0.15, 0.2) is 36.4 Å². The summed E-state index contributed by atoms with van der Waals surface area (Å²) in [4.78, 5) is 0. The molecule has 0 heterocycles. The topological polar surface area (TPSA) is 0 Å². The predicted octanol–water partition coefficient (Wildman–Crippen LogP) is 7.97. The average Bonchev–Trinajstić information content (AvgIpc) is 3.29. The monoisotopic (exact) mass is 378 g/mol. The molecule has 0 amide bonds. The van der Waals surface area contributed by atoms with Crippen LogP contribution < -0.4 is 0 Å². The second kappa shape index (κ2) is 9.29. The van der Waals surface area contributed by atoms with Crippen LogP contribution in [0.3, 0.4) is 0 Å². The first-order valence-corrected chi connectivity index (χ1v) is 11.4. The Morgan fingerprint density at radius 1 is 0.607 bits per heavy atom. The normalized spacial score (nSPS) is 15.0. The largest absolute Gasteiger partial charge is 0.0683 e. The molecule has 0 heteroatoms. The van der Waals surface area contributed by atoms with Crippen molar-refractivity contribution in [2.24, 2.45) is 0 Å². The summed E-state index contributed by atoms with van der Waals surface area (Å²) in [5.74, 6) is 0. The van der Waals surface area contributed by atoms with Crippen molar-refractivity contribution in [2.45, 2.75) is 105 Å². The molecular weight excluding hydrogens is 336 g/mol. The third-order valence-corrected chi connectivity index (χ3v) is 5.86. The lowest BCUT2D eigenvalue weighted by Gasteiger charge is -2.27. The van der Waals surface area contributed by atoms with E-state index in [0.717, 1.165) is 0 Å². The van der Waals surface area contributed by atoms with Gasteiger partial charge in [0.25, 0.3) is 0 Å². The van der Waals surface area contributed by atoms with Crippen molar-refractivity contribution in [1.82, 2.24) is 0 Å². The summed E-state index contributed by atoms with van der Waals surface area (Å²) in [6.07, 6.45) is 8.06. The molecule has 0 saturated heterocycles. The molecule has 2 aliphatic carbocycles. The Bertz CT molecular complexity index is 719. The van der Waals surface area contributed by atoms with Crippen LogP contribution >= 0.6 is 0 Å². The molecule has 0 fully saturated rings. The third kappa shape index (κ3) is 5.28. The first-order valence-electron chi connectivity index (χ1n) is 11.4. The van der Waals surface area contributed by atoms with Crippen LogP contribution in [0, 0.1) is 0 Å². The molecule has 4 rings (SSSR count). The molecule has 0 radical (unpaired) electrons. The van der Waals surface area contributed by atoms with Crippen LogP contribution in [0.25, 0.3) is 0 Å². The lowest BCUT2D eigenvalue weighted by Crippen LogP contribution is -2.17. The minimum Gasteiger partial charge on any atom is -0.0683 e. The Morgan fingerprint density at radius 3 is 1.43 bits per heavy atom. The SMILES string of the molecule is CC.CC(C)(C)c1c2c(cc3c1CCC3)CCC2.CC(C)(C)c1ccccc1. The summed E-state index contributed by atoms with van der Waals surface area (Å²) in [5.41, 5.74) is 10.5. The van der Waals surface area contributed by atoms with Gasteiger partial charge in [0.05, 0.1) is 0 Å². The van der Waals surface area contributed by atoms with Gasteiger partial charge in [-0.05, 0) is 82.7 Å². The first kappa shape index (κ1) is 22.7. The predicted molar refractivity (Wildman–Crippen MR) is 126 cm³/mol. The van der Waals surface area contributed by atoms with E-state index in [0.29, 0.717) is 10.8 Å². The van der Waals surface area contributed by atoms with Gasteiger partial charge in [-0.3, -0.25) is 0 Å². The molecule has 0 unspecified atom stereocenters. The molecular formula is C28H42. The standard InChI is InChI=1S/C16H22.C10H14.C2H6/c1-16(2,3)15-13-8-4-6-11(13)10-12-7-5-9-14(12)15;1-10(2,3)9-7-5-4-6-8-9;1-2/h10H,4-9H2,1-3H3;4-8H,1-3H3;1-2H3. The van der Waals surface area contributed by atoms with Crippen molar-refractivity contribution >= 4 is 0 Å². The van der Waals surface area contributed by atoms with Crippen molar-refractivity contribution in [3.63, 3.8) is 0 Å². The second-order valence-corrected chi connectivity index (χ2v) is 10.1. The number of aryl methyl sites for hydroxylation is 2. The highest BCUT2D eigenvalue weighted by molar-refractivity contribution is 5.52. The fourth-order valence-electron chi connectivity index (χ4n) is 4.66. The highest BCUT2D eigenvalue weighted by Gasteiger charge is 2.29. The first-order chi connectivity index (χ1) is 13.2. The van der Waals surface area contributed by atoms with E-state index in [2.05, 4.69) is 77.9 Å². The van der Waals surface area contributed by atoms with Crippen molar-refractivity contribution in [1.29, 1.82) is 0 Å². The van der Waals surface area contributed by atoms with E-state index in [-0.39, 0.29) is 0 Å². The Labute approximate surface area is 174 Å². The summed E-state index contributed by atoms with van der Waals surface area (Å²) >= 11 is 0. The third-order valence-electron chi connectivity index (χ3n) is 5.86. The van der Waals surface area contributed by atoms with Crippen LogP contribution in [0.2, 0.25) is 0 Å². The Morgan fingerprint density at radius 2 is 1.07 bits per heavy atom. The number of hydrogen-bond donors (Lipinski definition) is 0. The fourth-order valence-corrected chi connectivity index (χ4v) is 4.66. The minimum atomic E-state index is 0.293. The maximum atomic E-state index is 2.53. The second-order valence-electron chi connectivity index (χ2n) is 10.1. The van der Waals surface area contributed by atoms with Gasteiger partial charge >= 0.3 is 0 Å². The molecule has 0 N–H and O–H groups in total. The van der Waals surface area contributed by atoms with E-state index >= 15 is 0 Å². The molecule has 0 atom stereocenters. The molecule has 0 aromatic heterocycles. The van der Waals surface area contributed by atoms with Gasteiger partial charge in [0, 0.05) is 0 Å². The van der Waals surface area contributed by atoms with Crippen LogP contribution in [0.5, 0.6) is 0 Å². The zero-order chi connectivity index (χ0) is 20.9. The lowest BCUT2D eigenvalue weighted by atomic mass is 9.78. The highest BCUT2D eigenvalue weighted by atomic mass is 14.3. The van der Waals surface area contributed by atoms with Gasteiger partial charge in [0.15, 0.2) is 0 Å². The summed E-state index contributed by atoms with van der Waals surface area (Å²) in [6, 6.07) is 13.1. The van der Waals surface area contributed by atoms with Gasteiger partial charge in [-0.15, -0.1) is 0 Å². The molecule has 0 spiro atoms. The highest BCUT2D eigenvalue weighted by Crippen LogP contribution is 2.40. The molecule has 28 heavy (non-hydrogen) atoms. The molecule has 2 aromatic carbocycles. The van der Waals surface area contributed by atoms with E-state index in [1.807, 2.05) is 13.8 Å². The number of benzene rings is 2. The molecule has 0 saturated carbocycles. The number of rotatable bonds is 0. The van der Waals surface area contributed by atoms with Crippen molar-refractivity contribution in [3.8, 4) is 0 Å². The number of fused-ring (bicyclic) bond motifs is 2. The lowest BCUT2D eigenvalue weighted by molar-refractivity contribution is 0.577. The molecule has 0 bridgehead atoms. The maximum Gasteiger partial charge on any atom is -0.0126 e. The van der Waals surface area contributed by atoms with Crippen LogP contribution in [-0.4, -0.2) is 0 Å². The van der Waals surface area contributed by atoms with Crippen LogP contribution in [0.4, 0.5) is 0 Å².